The molecule has 1 aliphatic rings. The highest BCUT2D eigenvalue weighted by Gasteiger charge is 2.28. The molecule has 1 heterocycles. The average Bonchev–Trinajstić information content (AvgIpc) is 2.59. The van der Waals surface area contributed by atoms with Crippen LogP contribution in [0.4, 0.5) is 0 Å². The first-order valence-corrected chi connectivity index (χ1v) is 7.48. The first-order valence-electron chi connectivity index (χ1n) is 7.48. The van der Waals surface area contributed by atoms with Crippen LogP contribution in [-0.2, 0) is 4.79 Å². The Hall–Kier alpha value is -2.30. The number of piperidine rings is 1. The third kappa shape index (κ3) is 3.67. The van der Waals surface area contributed by atoms with Crippen LogP contribution >= 0.6 is 0 Å². The number of hydrogen-bond donors (Lipinski definition) is 1. The number of methoxy groups -OCH3 is 1. The molecule has 0 bridgehead atoms. The van der Waals surface area contributed by atoms with Gasteiger partial charge in [-0.05, 0) is 25.0 Å². The molecule has 5 nitrogen and oxygen atoms in total. The van der Waals surface area contributed by atoms with Gasteiger partial charge in [0.15, 0.2) is 0 Å². The van der Waals surface area contributed by atoms with E-state index in [2.05, 4.69) is 11.9 Å². The number of nitrogens with one attached hydrogen (secondary N) is 1. The molecule has 0 atom stereocenters. The molecule has 0 aromatic heterocycles. The largest absolute Gasteiger partial charge is 0.496 e. The third-order valence-corrected chi connectivity index (χ3v) is 3.91. The molecule has 1 N–H and O–H groups in total. The molecule has 1 aliphatic heterocycles. The van der Waals surface area contributed by atoms with E-state index in [1.54, 1.807) is 30.2 Å². The first-order chi connectivity index (χ1) is 10.7. The van der Waals surface area contributed by atoms with Crippen molar-refractivity contribution >= 4 is 11.8 Å². The molecule has 0 spiro atoms. The van der Waals surface area contributed by atoms with Crippen LogP contribution in [0.15, 0.2) is 36.9 Å². The van der Waals surface area contributed by atoms with Gasteiger partial charge in [-0.25, -0.2) is 0 Å². The lowest BCUT2D eigenvalue weighted by Gasteiger charge is -2.31. The Morgan fingerprint density at radius 1 is 1.36 bits per heavy atom. The van der Waals surface area contributed by atoms with E-state index in [0.29, 0.717) is 43.8 Å². The molecule has 1 fully saturated rings. The number of para-hydroxylation sites is 1. The summed E-state index contributed by atoms with van der Waals surface area (Å²) >= 11 is 0. The van der Waals surface area contributed by atoms with Crippen LogP contribution in [0.5, 0.6) is 5.75 Å². The van der Waals surface area contributed by atoms with Crippen molar-refractivity contribution in [3.8, 4) is 5.75 Å². The van der Waals surface area contributed by atoms with Crippen molar-refractivity contribution in [2.24, 2.45) is 5.92 Å². The zero-order valence-corrected chi connectivity index (χ0v) is 12.9. The SMILES string of the molecule is C=CCNC(=O)C1CCN(C(=O)c2ccccc2OC)CC1. The second-order valence-electron chi connectivity index (χ2n) is 5.30. The number of rotatable bonds is 5. The van der Waals surface area contributed by atoms with E-state index in [0.717, 1.165) is 0 Å². The highest BCUT2D eigenvalue weighted by molar-refractivity contribution is 5.97. The Morgan fingerprint density at radius 2 is 2.05 bits per heavy atom. The van der Waals surface area contributed by atoms with Gasteiger partial charge in [0.1, 0.15) is 5.75 Å². The molecule has 2 amide bonds. The molecular weight excluding hydrogens is 280 g/mol. The summed E-state index contributed by atoms with van der Waals surface area (Å²) in [6.07, 6.45) is 3.03. The van der Waals surface area contributed by atoms with Crippen LogP contribution in [0, 0.1) is 5.92 Å². The summed E-state index contributed by atoms with van der Waals surface area (Å²) in [5, 5.41) is 2.82. The van der Waals surface area contributed by atoms with Crippen LogP contribution in [0.1, 0.15) is 23.2 Å². The van der Waals surface area contributed by atoms with Gasteiger partial charge in [-0.3, -0.25) is 9.59 Å². The minimum absolute atomic E-state index is 0.0262. The molecule has 1 saturated heterocycles. The highest BCUT2D eigenvalue weighted by atomic mass is 16.5. The molecule has 1 aromatic carbocycles. The van der Waals surface area contributed by atoms with E-state index in [-0.39, 0.29) is 17.7 Å². The van der Waals surface area contributed by atoms with Crippen LogP contribution in [0.2, 0.25) is 0 Å². The number of ether oxygens (including phenoxy) is 1. The van der Waals surface area contributed by atoms with Crippen molar-refractivity contribution in [2.75, 3.05) is 26.7 Å². The Balaban J connectivity index is 1.95. The maximum Gasteiger partial charge on any atom is 0.257 e. The number of carbonyl (C=O) groups excluding carboxylic acids is 2. The van der Waals surface area contributed by atoms with Gasteiger partial charge >= 0.3 is 0 Å². The minimum atomic E-state index is -0.0394. The molecule has 5 heteroatoms. The van der Waals surface area contributed by atoms with E-state index in [1.165, 1.54) is 0 Å². The second-order valence-corrected chi connectivity index (χ2v) is 5.30. The number of benzene rings is 1. The molecule has 118 valence electrons. The van der Waals surface area contributed by atoms with E-state index < -0.39 is 0 Å². The maximum absolute atomic E-state index is 12.6. The lowest BCUT2D eigenvalue weighted by atomic mass is 9.95. The van der Waals surface area contributed by atoms with Gasteiger partial charge in [-0.2, -0.15) is 0 Å². The van der Waals surface area contributed by atoms with Gasteiger partial charge < -0.3 is 15.0 Å². The molecule has 2 rings (SSSR count). The Labute approximate surface area is 130 Å². The topological polar surface area (TPSA) is 58.6 Å². The number of hydrogen-bond acceptors (Lipinski definition) is 3. The molecule has 1 aromatic rings. The fourth-order valence-electron chi connectivity index (χ4n) is 2.65. The van der Waals surface area contributed by atoms with E-state index in [4.69, 9.17) is 4.74 Å². The molecule has 0 aliphatic carbocycles. The fourth-order valence-corrected chi connectivity index (χ4v) is 2.65. The maximum atomic E-state index is 12.6. The van der Waals surface area contributed by atoms with Crippen molar-refractivity contribution in [3.63, 3.8) is 0 Å². The van der Waals surface area contributed by atoms with Crippen molar-refractivity contribution in [1.82, 2.24) is 10.2 Å². The first kappa shape index (κ1) is 16.1. The van der Waals surface area contributed by atoms with Crippen LogP contribution in [0.25, 0.3) is 0 Å². The summed E-state index contributed by atoms with van der Waals surface area (Å²) in [6, 6.07) is 7.21. The summed E-state index contributed by atoms with van der Waals surface area (Å²) < 4.78 is 5.24. The highest BCUT2D eigenvalue weighted by Crippen LogP contribution is 2.23. The Morgan fingerprint density at radius 3 is 2.68 bits per heavy atom. The monoisotopic (exact) mass is 302 g/mol. The Bertz CT molecular complexity index is 549. The zero-order chi connectivity index (χ0) is 15.9. The summed E-state index contributed by atoms with van der Waals surface area (Å²) in [4.78, 5) is 26.3. The predicted molar refractivity (Wildman–Crippen MR) is 84.8 cm³/mol. The molecule has 0 radical (unpaired) electrons. The van der Waals surface area contributed by atoms with E-state index in [1.807, 2.05) is 12.1 Å². The Kier molecular flexibility index (Phi) is 5.58. The smallest absolute Gasteiger partial charge is 0.257 e. The van der Waals surface area contributed by atoms with Gasteiger partial charge in [0.25, 0.3) is 5.91 Å². The van der Waals surface area contributed by atoms with Crippen molar-refractivity contribution in [3.05, 3.63) is 42.5 Å². The molecule has 0 unspecified atom stereocenters. The number of likely N-dealkylation sites (tertiary alicyclic amines) is 1. The van der Waals surface area contributed by atoms with Gasteiger partial charge in [0.05, 0.1) is 12.7 Å². The molecule has 22 heavy (non-hydrogen) atoms. The average molecular weight is 302 g/mol. The van der Waals surface area contributed by atoms with Gasteiger partial charge in [-0.15, -0.1) is 6.58 Å². The summed E-state index contributed by atoms with van der Waals surface area (Å²) in [6.45, 7) is 5.24. The van der Waals surface area contributed by atoms with Crippen molar-refractivity contribution in [2.45, 2.75) is 12.8 Å². The van der Waals surface area contributed by atoms with Crippen LogP contribution in [-0.4, -0.2) is 43.5 Å². The lowest BCUT2D eigenvalue weighted by molar-refractivity contribution is -0.126. The predicted octanol–water partition coefficient (Wildman–Crippen LogP) is 1.85. The summed E-state index contributed by atoms with van der Waals surface area (Å²) in [7, 11) is 1.56. The normalized spacial score (nSPS) is 15.2. The summed E-state index contributed by atoms with van der Waals surface area (Å²) in [5.41, 5.74) is 0.569. The fraction of sp³-hybridized carbons (Fsp3) is 0.412. The second kappa shape index (κ2) is 7.64. The number of amides is 2. The molecular formula is C17H22N2O3. The van der Waals surface area contributed by atoms with Crippen LogP contribution < -0.4 is 10.1 Å². The van der Waals surface area contributed by atoms with Crippen molar-refractivity contribution < 1.29 is 14.3 Å². The van der Waals surface area contributed by atoms with Crippen molar-refractivity contribution in [1.29, 1.82) is 0 Å². The standard InChI is InChI=1S/C17H22N2O3/c1-3-10-18-16(20)13-8-11-19(12-9-13)17(21)14-6-4-5-7-15(14)22-2/h3-7,13H,1,8-12H2,2H3,(H,18,20). The van der Waals surface area contributed by atoms with Gasteiger partial charge in [-0.1, -0.05) is 18.2 Å². The van der Waals surface area contributed by atoms with Gasteiger partial charge in [0.2, 0.25) is 5.91 Å². The quantitative estimate of drug-likeness (QED) is 0.845. The minimum Gasteiger partial charge on any atom is -0.496 e. The van der Waals surface area contributed by atoms with E-state index >= 15 is 0 Å². The van der Waals surface area contributed by atoms with Gasteiger partial charge in [0, 0.05) is 25.6 Å². The lowest BCUT2D eigenvalue weighted by Crippen LogP contribution is -2.43. The third-order valence-electron chi connectivity index (χ3n) is 3.91. The van der Waals surface area contributed by atoms with E-state index in [9.17, 15) is 9.59 Å². The number of nitrogens with zero attached hydrogens (tertiary/aromatic N) is 1. The zero-order valence-electron chi connectivity index (χ0n) is 12.9. The van der Waals surface area contributed by atoms with Crippen LogP contribution in [0.3, 0.4) is 0 Å². The molecule has 0 saturated carbocycles. The number of carbonyl (C=O) groups is 2. The summed E-state index contributed by atoms with van der Waals surface area (Å²) in [5.74, 6) is 0.562.